The maximum Gasteiger partial charge on any atom is 0.413 e. The first-order valence-electron chi connectivity index (χ1n) is 14.7. The second kappa shape index (κ2) is 12.3. The first-order valence-corrected chi connectivity index (χ1v) is 14.7. The van der Waals surface area contributed by atoms with Crippen molar-refractivity contribution < 1.29 is 32.6 Å². The summed E-state index contributed by atoms with van der Waals surface area (Å²) in [7, 11) is 0. The van der Waals surface area contributed by atoms with E-state index in [0.717, 1.165) is 0 Å². The quantitative estimate of drug-likeness (QED) is 0.230. The molecule has 0 saturated carbocycles. The van der Waals surface area contributed by atoms with Crippen LogP contribution in [0.3, 0.4) is 0 Å². The molecule has 0 unspecified atom stereocenters. The smallest absolute Gasteiger partial charge is 0.413 e. The average molecular weight is 622 g/mol. The van der Waals surface area contributed by atoms with Gasteiger partial charge < -0.3 is 23.7 Å². The number of likely N-dealkylation sites (tertiary alicyclic amines) is 1. The van der Waals surface area contributed by atoms with Crippen LogP contribution in [0.2, 0.25) is 0 Å². The molecule has 2 aromatic heterocycles. The fourth-order valence-electron chi connectivity index (χ4n) is 5.28. The Hall–Kier alpha value is -4.74. The Kier molecular flexibility index (Phi) is 8.68. The molecule has 0 radical (unpaired) electrons. The predicted molar refractivity (Wildman–Crippen MR) is 166 cm³/mol. The van der Waals surface area contributed by atoms with Gasteiger partial charge in [0.25, 0.3) is 6.43 Å². The normalized spacial score (nSPS) is 15.4. The van der Waals surface area contributed by atoms with E-state index < -0.39 is 35.9 Å². The highest BCUT2D eigenvalue weighted by Crippen LogP contribution is 2.45. The molecule has 5 rings (SSSR count). The maximum atomic E-state index is 15.2. The number of carbonyl (C=O) groups excluding carboxylic acids is 2. The van der Waals surface area contributed by atoms with Crippen LogP contribution in [0.5, 0.6) is 11.5 Å². The molecule has 1 N–H and O–H groups in total. The van der Waals surface area contributed by atoms with Crippen molar-refractivity contribution in [2.45, 2.75) is 71.6 Å². The lowest BCUT2D eigenvalue weighted by molar-refractivity contribution is 0.0288. The van der Waals surface area contributed by atoms with E-state index in [2.05, 4.69) is 15.3 Å². The number of amides is 2. The minimum Gasteiger partial charge on any atom is -0.457 e. The Balaban J connectivity index is 1.62. The number of fused-ring (bicyclic) bond motifs is 1. The van der Waals surface area contributed by atoms with Gasteiger partial charge in [0.05, 0.1) is 17.1 Å². The van der Waals surface area contributed by atoms with E-state index in [9.17, 15) is 9.59 Å². The number of nitrogens with one attached hydrogen (secondary N) is 1. The standard InChI is InChI=1S/C33H37F2N5O5/c1-32(2,3)44-30(41)38-28-25-24(20-12-14-23(15-13-20)43-22-10-8-7-9-11-22)26(27(34)35)40(29(25)37-19-36-28)21-16-17-39(18-21)31(42)45-33(4,5)6/h7-15,19,21,27H,16-18H2,1-6H3,(H,36,37,38,41)/t21-/m1/s1. The number of ether oxygens (including phenoxy) is 3. The van der Waals surface area contributed by atoms with E-state index in [0.29, 0.717) is 30.0 Å². The molecule has 45 heavy (non-hydrogen) atoms. The highest BCUT2D eigenvalue weighted by atomic mass is 19.3. The average Bonchev–Trinajstić information content (AvgIpc) is 3.56. The monoisotopic (exact) mass is 621 g/mol. The summed E-state index contributed by atoms with van der Waals surface area (Å²) in [6.07, 6.45) is -2.63. The lowest BCUT2D eigenvalue weighted by Crippen LogP contribution is -2.35. The van der Waals surface area contributed by atoms with Gasteiger partial charge in [-0.2, -0.15) is 0 Å². The van der Waals surface area contributed by atoms with Crippen LogP contribution in [0.25, 0.3) is 22.2 Å². The topological polar surface area (TPSA) is 108 Å². The minimum atomic E-state index is -2.93. The molecule has 3 heterocycles. The van der Waals surface area contributed by atoms with Crippen molar-refractivity contribution >= 4 is 29.0 Å². The number of hydrogen-bond acceptors (Lipinski definition) is 7. The van der Waals surface area contributed by atoms with Gasteiger partial charge in [-0.25, -0.2) is 28.3 Å². The van der Waals surface area contributed by atoms with Crippen molar-refractivity contribution in [1.29, 1.82) is 0 Å². The molecule has 1 atom stereocenters. The fraction of sp³-hybridized carbons (Fsp3) is 0.394. The van der Waals surface area contributed by atoms with Gasteiger partial charge in [-0.3, -0.25) is 5.32 Å². The number of halogens is 2. The molecule has 10 nitrogen and oxygen atoms in total. The summed E-state index contributed by atoms with van der Waals surface area (Å²) in [5, 5.41) is 2.87. The highest BCUT2D eigenvalue weighted by Gasteiger charge is 2.37. The van der Waals surface area contributed by atoms with Crippen molar-refractivity contribution in [3.63, 3.8) is 0 Å². The Bertz CT molecular complexity index is 1680. The molecule has 4 aromatic rings. The number of hydrogen-bond donors (Lipinski definition) is 1. The summed E-state index contributed by atoms with van der Waals surface area (Å²) in [4.78, 5) is 35.9. The van der Waals surface area contributed by atoms with Gasteiger partial charge in [-0.15, -0.1) is 0 Å². The van der Waals surface area contributed by atoms with Crippen LogP contribution in [0.15, 0.2) is 60.9 Å². The number of aromatic nitrogens is 3. The molecule has 238 valence electrons. The lowest BCUT2D eigenvalue weighted by Gasteiger charge is -2.25. The molecule has 1 aliphatic heterocycles. The van der Waals surface area contributed by atoms with E-state index in [4.69, 9.17) is 14.2 Å². The third kappa shape index (κ3) is 7.33. The third-order valence-corrected chi connectivity index (χ3v) is 6.95. The first-order chi connectivity index (χ1) is 21.2. The summed E-state index contributed by atoms with van der Waals surface area (Å²) in [6, 6.07) is 15.4. The van der Waals surface area contributed by atoms with Gasteiger partial charge in [0.15, 0.2) is 0 Å². The molecule has 1 saturated heterocycles. The van der Waals surface area contributed by atoms with E-state index in [-0.39, 0.29) is 34.7 Å². The molecule has 0 bridgehead atoms. The van der Waals surface area contributed by atoms with Gasteiger partial charge in [-0.05, 0) is 77.8 Å². The van der Waals surface area contributed by atoms with E-state index >= 15 is 8.78 Å². The Morgan fingerprint density at radius 1 is 0.911 bits per heavy atom. The van der Waals surface area contributed by atoms with Crippen LogP contribution in [-0.4, -0.2) is 55.9 Å². The number of benzene rings is 2. The molecule has 1 fully saturated rings. The lowest BCUT2D eigenvalue weighted by atomic mass is 10.0. The number of para-hydroxylation sites is 1. The van der Waals surface area contributed by atoms with Crippen molar-refractivity contribution in [3.8, 4) is 22.6 Å². The van der Waals surface area contributed by atoms with Gasteiger partial charge >= 0.3 is 12.2 Å². The van der Waals surface area contributed by atoms with Crippen molar-refractivity contribution in [2.24, 2.45) is 0 Å². The van der Waals surface area contributed by atoms with Crippen LogP contribution in [0.1, 0.15) is 66.1 Å². The van der Waals surface area contributed by atoms with Gasteiger partial charge in [0, 0.05) is 18.7 Å². The van der Waals surface area contributed by atoms with Crippen molar-refractivity contribution in [3.05, 3.63) is 66.6 Å². The summed E-state index contributed by atoms with van der Waals surface area (Å²) >= 11 is 0. The molecule has 1 aliphatic rings. The summed E-state index contributed by atoms with van der Waals surface area (Å²) in [5.41, 5.74) is -1.01. The van der Waals surface area contributed by atoms with Crippen LogP contribution < -0.4 is 10.1 Å². The molecular formula is C33H37F2N5O5. The second-order valence-electron chi connectivity index (χ2n) is 12.8. The Morgan fingerprint density at radius 3 is 2.18 bits per heavy atom. The number of nitrogens with zero attached hydrogens (tertiary/aromatic N) is 4. The van der Waals surface area contributed by atoms with Crippen molar-refractivity contribution in [2.75, 3.05) is 18.4 Å². The Morgan fingerprint density at radius 2 is 1.56 bits per heavy atom. The zero-order valence-electron chi connectivity index (χ0n) is 26.1. The zero-order chi connectivity index (χ0) is 32.5. The van der Waals surface area contributed by atoms with Crippen LogP contribution in [-0.2, 0) is 9.47 Å². The fourth-order valence-corrected chi connectivity index (χ4v) is 5.28. The number of rotatable bonds is 6. The molecule has 0 aliphatic carbocycles. The summed E-state index contributed by atoms with van der Waals surface area (Å²) in [5.74, 6) is 1.17. The number of carbonyl (C=O) groups is 2. The van der Waals surface area contributed by atoms with Crippen LogP contribution in [0.4, 0.5) is 24.2 Å². The first kappa shape index (κ1) is 31.7. The van der Waals surface area contributed by atoms with E-state index in [1.165, 1.54) is 15.8 Å². The molecule has 2 amide bonds. The number of anilines is 1. The third-order valence-electron chi connectivity index (χ3n) is 6.95. The van der Waals surface area contributed by atoms with E-state index in [1.54, 1.807) is 65.8 Å². The van der Waals surface area contributed by atoms with E-state index in [1.807, 2.05) is 30.3 Å². The molecule has 2 aromatic carbocycles. The highest BCUT2D eigenvalue weighted by molar-refractivity contribution is 6.06. The summed E-state index contributed by atoms with van der Waals surface area (Å²) < 4.78 is 48.8. The second-order valence-corrected chi connectivity index (χ2v) is 12.8. The van der Waals surface area contributed by atoms with Gasteiger partial charge in [-0.1, -0.05) is 30.3 Å². The molecule has 12 heteroatoms. The maximum absolute atomic E-state index is 15.2. The van der Waals surface area contributed by atoms with Gasteiger partial charge in [0.2, 0.25) is 0 Å². The Labute approximate surface area is 260 Å². The van der Waals surface area contributed by atoms with Gasteiger partial charge in [0.1, 0.15) is 40.5 Å². The van der Waals surface area contributed by atoms with Crippen LogP contribution >= 0.6 is 0 Å². The summed E-state index contributed by atoms with van der Waals surface area (Å²) in [6.45, 7) is 10.9. The molecule has 0 spiro atoms. The zero-order valence-corrected chi connectivity index (χ0v) is 26.1. The largest absolute Gasteiger partial charge is 0.457 e. The van der Waals surface area contributed by atoms with Crippen LogP contribution in [0, 0.1) is 0 Å². The van der Waals surface area contributed by atoms with Crippen molar-refractivity contribution in [1.82, 2.24) is 19.4 Å². The molecular weight excluding hydrogens is 584 g/mol. The number of alkyl halides is 2. The SMILES string of the molecule is CC(C)(C)OC(=O)Nc1ncnc2c1c(-c1ccc(Oc3ccccc3)cc1)c(C(F)F)n2[C@@H]1CCN(C(=O)OC(C)(C)C)C1. The predicted octanol–water partition coefficient (Wildman–Crippen LogP) is 8.36. The minimum absolute atomic E-state index is 0.0245.